The highest BCUT2D eigenvalue weighted by Gasteiger charge is 2.12. The third-order valence-electron chi connectivity index (χ3n) is 3.52. The molecule has 0 saturated carbocycles. The normalized spacial score (nSPS) is 10.6. The molecule has 3 rings (SSSR count). The van der Waals surface area contributed by atoms with Crippen LogP contribution in [-0.4, -0.2) is 18.1 Å². The Balaban J connectivity index is 1.58. The summed E-state index contributed by atoms with van der Waals surface area (Å²) in [5.41, 5.74) is 2.82. The van der Waals surface area contributed by atoms with Gasteiger partial charge in [0.05, 0.1) is 18.4 Å². The number of rotatable bonds is 7. The maximum atomic E-state index is 11.9. The molecule has 0 atom stereocenters. The van der Waals surface area contributed by atoms with Gasteiger partial charge in [-0.15, -0.1) is 11.3 Å². The number of nitrogens with zero attached hydrogens (tertiary/aromatic N) is 1. The van der Waals surface area contributed by atoms with E-state index >= 15 is 0 Å². The van der Waals surface area contributed by atoms with Gasteiger partial charge in [-0.1, -0.05) is 15.9 Å². The Morgan fingerprint density at radius 3 is 2.92 bits per heavy atom. The Morgan fingerprint density at radius 1 is 1.28 bits per heavy atom. The van der Waals surface area contributed by atoms with Crippen LogP contribution in [0.25, 0.3) is 10.6 Å². The molecule has 25 heavy (non-hydrogen) atoms. The van der Waals surface area contributed by atoms with Crippen LogP contribution in [0.2, 0.25) is 0 Å². The van der Waals surface area contributed by atoms with Crippen molar-refractivity contribution in [3.63, 3.8) is 0 Å². The van der Waals surface area contributed by atoms with Crippen LogP contribution in [0.5, 0.6) is 5.75 Å². The lowest BCUT2D eigenvalue weighted by Crippen LogP contribution is -2.05. The van der Waals surface area contributed by atoms with Crippen molar-refractivity contribution >= 4 is 44.6 Å². The van der Waals surface area contributed by atoms with Gasteiger partial charge in [-0.2, -0.15) is 11.3 Å². The minimum atomic E-state index is -0.208. The standard InChI is InChI=1S/C18H16BrNO3S2/c1-22-16-4-3-13(19)8-15(16)18-20-14(11-25-18)9-23-17(21)5-2-12-6-7-24-10-12/h3-4,6-8,10-11H,2,5,9H2,1H3. The molecule has 0 amide bonds. The number of hydrogen-bond donors (Lipinski definition) is 0. The molecule has 0 spiro atoms. The van der Waals surface area contributed by atoms with E-state index in [2.05, 4.69) is 20.9 Å². The molecule has 0 aliphatic carbocycles. The van der Waals surface area contributed by atoms with E-state index in [1.54, 1.807) is 18.4 Å². The van der Waals surface area contributed by atoms with E-state index in [1.807, 2.05) is 40.4 Å². The van der Waals surface area contributed by atoms with Gasteiger partial charge in [0.2, 0.25) is 0 Å². The molecule has 0 fully saturated rings. The third kappa shape index (κ3) is 4.90. The van der Waals surface area contributed by atoms with Crippen LogP contribution in [0.3, 0.4) is 0 Å². The molecular formula is C18H16BrNO3S2. The summed E-state index contributed by atoms with van der Waals surface area (Å²) < 4.78 is 11.7. The molecular weight excluding hydrogens is 422 g/mol. The first kappa shape index (κ1) is 18.1. The number of thiophene rings is 1. The summed E-state index contributed by atoms with van der Waals surface area (Å²) in [7, 11) is 1.64. The molecule has 0 aliphatic rings. The zero-order valence-corrected chi connectivity index (χ0v) is 16.7. The van der Waals surface area contributed by atoms with Crippen molar-refractivity contribution in [3.8, 4) is 16.3 Å². The predicted molar refractivity (Wildman–Crippen MR) is 104 cm³/mol. The first-order valence-electron chi connectivity index (χ1n) is 7.60. The largest absolute Gasteiger partial charge is 0.496 e. The number of carbonyl (C=O) groups is 1. The minimum absolute atomic E-state index is 0.190. The summed E-state index contributed by atoms with van der Waals surface area (Å²) in [5.74, 6) is 0.553. The fourth-order valence-corrected chi connectivity index (χ4v) is 4.14. The number of methoxy groups -OCH3 is 1. The summed E-state index contributed by atoms with van der Waals surface area (Å²) in [6.45, 7) is 0.190. The summed E-state index contributed by atoms with van der Waals surface area (Å²) >= 11 is 6.60. The Bertz CT molecular complexity index is 846. The summed E-state index contributed by atoms with van der Waals surface area (Å²) in [5, 5.41) is 6.79. The van der Waals surface area contributed by atoms with Crippen LogP contribution in [0.4, 0.5) is 0 Å². The van der Waals surface area contributed by atoms with Gasteiger partial charge in [-0.05, 0) is 47.0 Å². The molecule has 0 N–H and O–H groups in total. The van der Waals surface area contributed by atoms with E-state index in [-0.39, 0.29) is 12.6 Å². The van der Waals surface area contributed by atoms with Gasteiger partial charge in [-0.25, -0.2) is 4.98 Å². The molecule has 0 saturated heterocycles. The Kier molecular flexibility index (Phi) is 6.23. The Morgan fingerprint density at radius 2 is 2.16 bits per heavy atom. The van der Waals surface area contributed by atoms with Gasteiger partial charge < -0.3 is 9.47 Å². The van der Waals surface area contributed by atoms with Crippen molar-refractivity contribution in [3.05, 3.63) is 56.1 Å². The molecule has 0 aliphatic heterocycles. The number of halogens is 1. The number of hydrogen-bond acceptors (Lipinski definition) is 6. The monoisotopic (exact) mass is 437 g/mol. The second-order valence-corrected chi connectivity index (χ2v) is 7.83. The van der Waals surface area contributed by atoms with Gasteiger partial charge in [-0.3, -0.25) is 4.79 Å². The molecule has 1 aromatic carbocycles. The lowest BCUT2D eigenvalue weighted by atomic mass is 10.2. The molecule has 2 aromatic heterocycles. The fraction of sp³-hybridized carbons (Fsp3) is 0.222. The van der Waals surface area contributed by atoms with E-state index in [9.17, 15) is 4.79 Å². The van der Waals surface area contributed by atoms with Crippen LogP contribution in [-0.2, 0) is 22.6 Å². The molecule has 0 unspecified atom stereocenters. The quantitative estimate of drug-likeness (QED) is 0.469. The first-order valence-corrected chi connectivity index (χ1v) is 10.2. The Labute approximate surface area is 162 Å². The number of ether oxygens (including phenoxy) is 2. The van der Waals surface area contributed by atoms with Crippen molar-refractivity contribution in [2.24, 2.45) is 0 Å². The number of benzene rings is 1. The van der Waals surface area contributed by atoms with E-state index in [1.165, 1.54) is 16.9 Å². The van der Waals surface area contributed by atoms with Crippen molar-refractivity contribution < 1.29 is 14.3 Å². The van der Waals surface area contributed by atoms with Gasteiger partial charge in [0.25, 0.3) is 0 Å². The second kappa shape index (κ2) is 8.60. The highest BCUT2D eigenvalue weighted by Crippen LogP contribution is 2.34. The van der Waals surface area contributed by atoms with Gasteiger partial charge in [0.15, 0.2) is 0 Å². The van der Waals surface area contributed by atoms with Crippen LogP contribution in [0.1, 0.15) is 17.7 Å². The zero-order chi connectivity index (χ0) is 17.6. The Hall–Kier alpha value is -1.70. The van der Waals surface area contributed by atoms with Gasteiger partial charge in [0, 0.05) is 16.3 Å². The summed E-state index contributed by atoms with van der Waals surface area (Å²) in [6.07, 6.45) is 1.09. The summed E-state index contributed by atoms with van der Waals surface area (Å²) in [6, 6.07) is 7.81. The van der Waals surface area contributed by atoms with Crippen LogP contribution < -0.4 is 4.74 Å². The van der Waals surface area contributed by atoms with E-state index < -0.39 is 0 Å². The molecule has 0 radical (unpaired) electrons. The molecule has 0 bridgehead atoms. The molecule has 4 nitrogen and oxygen atoms in total. The predicted octanol–water partition coefficient (Wildman–Crippen LogP) is 5.32. The van der Waals surface area contributed by atoms with Crippen molar-refractivity contribution in [2.45, 2.75) is 19.4 Å². The zero-order valence-electron chi connectivity index (χ0n) is 13.5. The average molecular weight is 438 g/mol. The van der Waals surface area contributed by atoms with Crippen molar-refractivity contribution in [1.29, 1.82) is 0 Å². The fourth-order valence-electron chi connectivity index (χ4n) is 2.25. The van der Waals surface area contributed by atoms with E-state index in [0.717, 1.165) is 26.5 Å². The number of aromatic nitrogens is 1. The minimum Gasteiger partial charge on any atom is -0.496 e. The van der Waals surface area contributed by atoms with Gasteiger partial charge in [0.1, 0.15) is 17.4 Å². The SMILES string of the molecule is COc1ccc(Br)cc1-c1nc(COC(=O)CCc2ccsc2)cs1. The highest BCUT2D eigenvalue weighted by molar-refractivity contribution is 9.10. The van der Waals surface area contributed by atoms with Crippen LogP contribution in [0.15, 0.2) is 44.9 Å². The molecule has 2 heterocycles. The second-order valence-electron chi connectivity index (χ2n) is 5.28. The smallest absolute Gasteiger partial charge is 0.306 e. The number of carbonyl (C=O) groups excluding carboxylic acids is 1. The summed E-state index contributed by atoms with van der Waals surface area (Å²) in [4.78, 5) is 16.4. The lowest BCUT2D eigenvalue weighted by molar-refractivity contribution is -0.145. The number of esters is 1. The van der Waals surface area contributed by atoms with Gasteiger partial charge >= 0.3 is 5.97 Å². The maximum Gasteiger partial charge on any atom is 0.306 e. The molecule has 130 valence electrons. The van der Waals surface area contributed by atoms with Crippen molar-refractivity contribution in [1.82, 2.24) is 4.98 Å². The number of aryl methyl sites for hydroxylation is 1. The molecule has 7 heteroatoms. The average Bonchev–Trinajstić information content (AvgIpc) is 3.30. The third-order valence-corrected chi connectivity index (χ3v) is 5.67. The number of thiazole rings is 1. The van der Waals surface area contributed by atoms with E-state index in [4.69, 9.17) is 9.47 Å². The maximum absolute atomic E-state index is 11.9. The van der Waals surface area contributed by atoms with Crippen molar-refractivity contribution in [2.75, 3.05) is 7.11 Å². The highest BCUT2D eigenvalue weighted by atomic mass is 79.9. The van der Waals surface area contributed by atoms with Crippen LogP contribution in [0, 0.1) is 0 Å². The van der Waals surface area contributed by atoms with Crippen LogP contribution >= 0.6 is 38.6 Å². The van der Waals surface area contributed by atoms with E-state index in [0.29, 0.717) is 12.8 Å². The molecule has 3 aromatic rings. The lowest BCUT2D eigenvalue weighted by Gasteiger charge is -2.06. The first-order chi connectivity index (χ1) is 12.2. The topological polar surface area (TPSA) is 48.4 Å².